The fraction of sp³-hybridized carbons (Fsp3) is 0.308. The summed E-state index contributed by atoms with van der Waals surface area (Å²) in [7, 11) is 0. The third-order valence-corrected chi connectivity index (χ3v) is 2.82. The molecular weight excluding hydrogens is 246 g/mol. The van der Waals surface area contributed by atoms with Crippen LogP contribution in [0.15, 0.2) is 24.3 Å². The maximum Gasteiger partial charge on any atom is 0.248 e. The second-order valence-corrected chi connectivity index (χ2v) is 4.48. The predicted molar refractivity (Wildman–Crippen MR) is 69.3 cm³/mol. The first-order valence-electron chi connectivity index (χ1n) is 6.03. The Hall–Kier alpha value is -2.37. The molecule has 1 aromatic carbocycles. The number of hydrogen-bond acceptors (Lipinski definition) is 3. The molecule has 4 N–H and O–H groups in total. The largest absolute Gasteiger partial charge is 0.366 e. The molecule has 19 heavy (non-hydrogen) atoms. The third-order valence-electron chi connectivity index (χ3n) is 2.82. The number of nitrogens with one attached hydrogen (secondary N) is 2. The van der Waals surface area contributed by atoms with Crippen LogP contribution in [0.1, 0.15) is 23.2 Å². The van der Waals surface area contributed by atoms with Crippen LogP contribution in [0.3, 0.4) is 0 Å². The summed E-state index contributed by atoms with van der Waals surface area (Å²) < 4.78 is 0. The first-order chi connectivity index (χ1) is 9.06. The molecule has 0 heterocycles. The number of hydrogen-bond donors (Lipinski definition) is 3. The number of primary amides is 1. The molecule has 0 bridgehead atoms. The van der Waals surface area contributed by atoms with Crippen molar-refractivity contribution in [2.75, 3.05) is 11.9 Å². The highest BCUT2D eigenvalue weighted by molar-refractivity contribution is 5.96. The highest BCUT2D eigenvalue weighted by Crippen LogP contribution is 2.28. The minimum absolute atomic E-state index is 0.0487. The van der Waals surface area contributed by atoms with Crippen molar-refractivity contribution in [3.8, 4) is 0 Å². The number of nitrogens with two attached hydrogens (primary N) is 1. The number of carbonyl (C=O) groups is 3. The molecule has 1 aliphatic carbocycles. The van der Waals surface area contributed by atoms with E-state index in [0.717, 1.165) is 12.8 Å². The summed E-state index contributed by atoms with van der Waals surface area (Å²) in [5.41, 5.74) is 6.03. The van der Waals surface area contributed by atoms with Gasteiger partial charge in [0.15, 0.2) is 0 Å². The average molecular weight is 261 g/mol. The number of carbonyl (C=O) groups excluding carboxylic acids is 3. The Labute approximate surface area is 110 Å². The Kier molecular flexibility index (Phi) is 3.79. The fourth-order valence-corrected chi connectivity index (χ4v) is 1.58. The summed E-state index contributed by atoms with van der Waals surface area (Å²) in [6.45, 7) is -0.0487. The van der Waals surface area contributed by atoms with Crippen molar-refractivity contribution in [3.63, 3.8) is 0 Å². The Bertz CT molecular complexity index is 506. The molecule has 100 valence electrons. The predicted octanol–water partition coefficient (Wildman–Crippen LogP) is 0.250. The van der Waals surface area contributed by atoms with Gasteiger partial charge in [0.05, 0.1) is 6.54 Å². The molecule has 1 fully saturated rings. The molecule has 2 rings (SSSR count). The average Bonchev–Trinajstić information content (AvgIpc) is 3.21. The van der Waals surface area contributed by atoms with Crippen molar-refractivity contribution in [3.05, 3.63) is 29.8 Å². The lowest BCUT2D eigenvalue weighted by Crippen LogP contribution is -2.33. The van der Waals surface area contributed by atoms with Crippen LogP contribution in [-0.2, 0) is 9.59 Å². The van der Waals surface area contributed by atoms with E-state index in [0.29, 0.717) is 11.3 Å². The molecule has 6 heteroatoms. The minimum Gasteiger partial charge on any atom is -0.366 e. The lowest BCUT2D eigenvalue weighted by atomic mass is 10.2. The van der Waals surface area contributed by atoms with Crippen molar-refractivity contribution in [2.45, 2.75) is 12.8 Å². The maximum atomic E-state index is 11.6. The number of anilines is 1. The van der Waals surface area contributed by atoms with Gasteiger partial charge in [-0.1, -0.05) is 0 Å². The molecule has 1 aliphatic rings. The van der Waals surface area contributed by atoms with Gasteiger partial charge in [-0.25, -0.2) is 0 Å². The maximum absolute atomic E-state index is 11.6. The van der Waals surface area contributed by atoms with E-state index in [1.807, 2.05) is 0 Å². The number of rotatable bonds is 5. The van der Waals surface area contributed by atoms with Crippen molar-refractivity contribution >= 4 is 23.4 Å². The van der Waals surface area contributed by atoms with Crippen molar-refractivity contribution < 1.29 is 14.4 Å². The van der Waals surface area contributed by atoms with Crippen LogP contribution in [0.4, 0.5) is 5.69 Å². The molecule has 6 nitrogen and oxygen atoms in total. The minimum atomic E-state index is -0.519. The van der Waals surface area contributed by atoms with Crippen LogP contribution in [-0.4, -0.2) is 24.3 Å². The topological polar surface area (TPSA) is 101 Å². The number of amides is 3. The Morgan fingerprint density at radius 3 is 2.32 bits per heavy atom. The highest BCUT2D eigenvalue weighted by atomic mass is 16.2. The monoisotopic (exact) mass is 261 g/mol. The van der Waals surface area contributed by atoms with Gasteiger partial charge in [-0.3, -0.25) is 14.4 Å². The Balaban J connectivity index is 1.80. The van der Waals surface area contributed by atoms with Crippen molar-refractivity contribution in [2.24, 2.45) is 11.7 Å². The van der Waals surface area contributed by atoms with Crippen LogP contribution in [0, 0.1) is 5.92 Å². The molecular formula is C13H15N3O3. The van der Waals surface area contributed by atoms with E-state index in [9.17, 15) is 14.4 Å². The molecule has 0 saturated heterocycles. The second-order valence-electron chi connectivity index (χ2n) is 4.48. The molecule has 0 aliphatic heterocycles. The summed E-state index contributed by atoms with van der Waals surface area (Å²) in [5, 5.41) is 5.19. The lowest BCUT2D eigenvalue weighted by Gasteiger charge is -2.06. The van der Waals surface area contributed by atoms with Crippen molar-refractivity contribution in [1.29, 1.82) is 0 Å². The molecule has 0 atom stereocenters. The third kappa shape index (κ3) is 3.80. The van der Waals surface area contributed by atoms with Gasteiger partial charge in [0.2, 0.25) is 17.7 Å². The van der Waals surface area contributed by atoms with E-state index in [4.69, 9.17) is 5.73 Å². The van der Waals surface area contributed by atoms with Crippen LogP contribution < -0.4 is 16.4 Å². The molecule has 1 aromatic rings. The van der Waals surface area contributed by atoms with E-state index >= 15 is 0 Å². The van der Waals surface area contributed by atoms with Gasteiger partial charge in [0.25, 0.3) is 0 Å². The van der Waals surface area contributed by atoms with Gasteiger partial charge in [0, 0.05) is 17.2 Å². The van der Waals surface area contributed by atoms with Gasteiger partial charge >= 0.3 is 0 Å². The summed E-state index contributed by atoms with van der Waals surface area (Å²) >= 11 is 0. The Morgan fingerprint density at radius 2 is 1.79 bits per heavy atom. The number of benzene rings is 1. The smallest absolute Gasteiger partial charge is 0.248 e. The van der Waals surface area contributed by atoms with Crippen LogP contribution in [0.5, 0.6) is 0 Å². The first-order valence-corrected chi connectivity index (χ1v) is 6.03. The summed E-state index contributed by atoms with van der Waals surface area (Å²) in [6, 6.07) is 6.23. The normalized spacial score (nSPS) is 13.7. The van der Waals surface area contributed by atoms with Crippen LogP contribution in [0.25, 0.3) is 0 Å². The van der Waals surface area contributed by atoms with E-state index in [2.05, 4.69) is 10.6 Å². The molecule has 1 saturated carbocycles. The fourth-order valence-electron chi connectivity index (χ4n) is 1.58. The zero-order chi connectivity index (χ0) is 13.8. The highest BCUT2D eigenvalue weighted by Gasteiger charge is 2.29. The van der Waals surface area contributed by atoms with Crippen molar-refractivity contribution in [1.82, 2.24) is 5.32 Å². The lowest BCUT2D eigenvalue weighted by molar-refractivity contribution is -0.125. The van der Waals surface area contributed by atoms with E-state index in [-0.39, 0.29) is 24.3 Å². The summed E-state index contributed by atoms with van der Waals surface area (Å²) in [6.07, 6.45) is 1.81. The van der Waals surface area contributed by atoms with Crippen LogP contribution >= 0.6 is 0 Å². The molecule has 0 unspecified atom stereocenters. The quantitative estimate of drug-likeness (QED) is 0.708. The zero-order valence-corrected chi connectivity index (χ0v) is 10.3. The molecule has 0 aromatic heterocycles. The van der Waals surface area contributed by atoms with Crippen LogP contribution in [0.2, 0.25) is 0 Å². The summed E-state index contributed by atoms with van der Waals surface area (Å²) in [4.78, 5) is 33.8. The first kappa shape index (κ1) is 13.1. The molecule has 3 amide bonds. The van der Waals surface area contributed by atoms with Gasteiger partial charge in [-0.2, -0.15) is 0 Å². The second kappa shape index (κ2) is 5.51. The summed E-state index contributed by atoms with van der Waals surface area (Å²) in [5.74, 6) is -0.808. The van der Waals surface area contributed by atoms with E-state index < -0.39 is 5.91 Å². The zero-order valence-electron chi connectivity index (χ0n) is 10.3. The molecule has 0 radical (unpaired) electrons. The van der Waals surface area contributed by atoms with Gasteiger partial charge in [-0.05, 0) is 37.1 Å². The van der Waals surface area contributed by atoms with Gasteiger partial charge in [0.1, 0.15) is 0 Å². The van der Waals surface area contributed by atoms with Gasteiger partial charge < -0.3 is 16.4 Å². The Morgan fingerprint density at radius 1 is 1.16 bits per heavy atom. The molecule has 0 spiro atoms. The van der Waals surface area contributed by atoms with E-state index in [1.165, 1.54) is 12.1 Å². The van der Waals surface area contributed by atoms with E-state index in [1.54, 1.807) is 12.1 Å². The standard InChI is InChI=1S/C13H15N3O3/c14-12(18)8-3-5-10(6-4-8)16-11(17)7-15-13(19)9-1-2-9/h3-6,9H,1-2,7H2,(H2,14,18)(H,15,19)(H,16,17). The SMILES string of the molecule is NC(=O)c1ccc(NC(=O)CNC(=O)C2CC2)cc1. The van der Waals surface area contributed by atoms with Gasteiger partial charge in [-0.15, -0.1) is 0 Å².